The van der Waals surface area contributed by atoms with Gasteiger partial charge in [0.2, 0.25) is 0 Å². The number of aromatic nitrogens is 1. The lowest BCUT2D eigenvalue weighted by molar-refractivity contribution is 0.574. The second-order valence-electron chi connectivity index (χ2n) is 4.95. The number of unbranched alkanes of at least 4 members (excludes halogenated alkanes) is 7. The van der Waals surface area contributed by atoms with Crippen molar-refractivity contribution in [3.8, 4) is 0 Å². The Morgan fingerprint density at radius 1 is 1.00 bits per heavy atom. The SMILES string of the molecule is C=CC.CCCCCCCCCCc1ccccn1. The van der Waals surface area contributed by atoms with E-state index in [1.54, 1.807) is 6.08 Å². The highest BCUT2D eigenvalue weighted by Crippen LogP contribution is 2.10. The fourth-order valence-electron chi connectivity index (χ4n) is 1.99. The molecule has 0 aliphatic heterocycles. The highest BCUT2D eigenvalue weighted by molar-refractivity contribution is 5.03. The maximum atomic E-state index is 4.34. The van der Waals surface area contributed by atoms with Crippen molar-refractivity contribution in [1.82, 2.24) is 4.98 Å². The molecule has 0 bridgehead atoms. The molecule has 0 aliphatic rings. The van der Waals surface area contributed by atoms with Crippen LogP contribution in [0, 0.1) is 0 Å². The fourth-order valence-corrected chi connectivity index (χ4v) is 1.99. The van der Waals surface area contributed by atoms with Crippen LogP contribution in [0.25, 0.3) is 0 Å². The number of nitrogens with zero attached hydrogens (tertiary/aromatic N) is 1. The zero-order valence-electron chi connectivity index (χ0n) is 12.9. The van der Waals surface area contributed by atoms with Crippen molar-refractivity contribution < 1.29 is 0 Å². The molecule has 1 nitrogen and oxygen atoms in total. The molecule has 0 saturated heterocycles. The Kier molecular flexibility index (Phi) is 14.1. The number of allylic oxidation sites excluding steroid dienone is 1. The van der Waals surface area contributed by atoms with E-state index in [2.05, 4.69) is 30.6 Å². The van der Waals surface area contributed by atoms with E-state index in [-0.39, 0.29) is 0 Å². The third-order valence-electron chi connectivity index (χ3n) is 3.01. The van der Waals surface area contributed by atoms with E-state index >= 15 is 0 Å². The first-order valence-corrected chi connectivity index (χ1v) is 7.82. The molecule has 0 spiro atoms. The van der Waals surface area contributed by atoms with E-state index in [9.17, 15) is 0 Å². The molecule has 0 unspecified atom stereocenters. The van der Waals surface area contributed by atoms with Gasteiger partial charge in [0.05, 0.1) is 0 Å². The molecule has 1 heteroatoms. The summed E-state index contributed by atoms with van der Waals surface area (Å²) in [5.74, 6) is 0. The minimum atomic E-state index is 1.15. The van der Waals surface area contributed by atoms with Crippen LogP contribution in [0.5, 0.6) is 0 Å². The van der Waals surface area contributed by atoms with E-state index in [4.69, 9.17) is 0 Å². The van der Waals surface area contributed by atoms with Gasteiger partial charge >= 0.3 is 0 Å². The molecule has 0 radical (unpaired) electrons. The lowest BCUT2D eigenvalue weighted by atomic mass is 10.1. The van der Waals surface area contributed by atoms with Gasteiger partial charge in [-0.25, -0.2) is 0 Å². The minimum Gasteiger partial charge on any atom is -0.261 e. The van der Waals surface area contributed by atoms with Gasteiger partial charge in [0, 0.05) is 11.9 Å². The van der Waals surface area contributed by atoms with Gasteiger partial charge in [0.25, 0.3) is 0 Å². The smallest absolute Gasteiger partial charge is 0.0403 e. The van der Waals surface area contributed by atoms with Gasteiger partial charge in [-0.2, -0.15) is 0 Å². The Labute approximate surface area is 120 Å². The van der Waals surface area contributed by atoms with Crippen LogP contribution >= 0.6 is 0 Å². The normalized spacial score (nSPS) is 9.58. The monoisotopic (exact) mass is 261 g/mol. The van der Waals surface area contributed by atoms with Crippen LogP contribution in [0.1, 0.15) is 70.9 Å². The van der Waals surface area contributed by atoms with Gasteiger partial charge in [-0.3, -0.25) is 4.98 Å². The van der Waals surface area contributed by atoms with Crippen molar-refractivity contribution >= 4 is 0 Å². The van der Waals surface area contributed by atoms with Crippen LogP contribution in [0.2, 0.25) is 0 Å². The third-order valence-corrected chi connectivity index (χ3v) is 3.01. The lowest BCUT2D eigenvalue weighted by Gasteiger charge is -2.01. The van der Waals surface area contributed by atoms with Crippen LogP contribution in [0.4, 0.5) is 0 Å². The summed E-state index contributed by atoms with van der Waals surface area (Å²) in [7, 11) is 0. The maximum Gasteiger partial charge on any atom is 0.0403 e. The van der Waals surface area contributed by atoms with E-state index < -0.39 is 0 Å². The van der Waals surface area contributed by atoms with E-state index in [0.29, 0.717) is 0 Å². The molecule has 0 N–H and O–H groups in total. The summed E-state index contributed by atoms with van der Waals surface area (Å²) in [5, 5.41) is 0. The molecular formula is C18H31N. The molecule has 1 heterocycles. The van der Waals surface area contributed by atoms with Gasteiger partial charge in [-0.1, -0.05) is 64.0 Å². The molecule has 0 fully saturated rings. The summed E-state index contributed by atoms with van der Waals surface area (Å²) < 4.78 is 0. The maximum absolute atomic E-state index is 4.34. The Hall–Kier alpha value is -1.11. The molecule has 0 atom stereocenters. The Bertz CT molecular complexity index is 279. The van der Waals surface area contributed by atoms with Crippen molar-refractivity contribution in [3.63, 3.8) is 0 Å². The minimum absolute atomic E-state index is 1.15. The zero-order chi connectivity index (χ0) is 14.2. The van der Waals surface area contributed by atoms with Crippen molar-refractivity contribution in [2.45, 2.75) is 71.6 Å². The first-order valence-electron chi connectivity index (χ1n) is 7.82. The Morgan fingerprint density at radius 2 is 1.58 bits per heavy atom. The third kappa shape index (κ3) is 13.1. The molecular weight excluding hydrogens is 230 g/mol. The standard InChI is InChI=1S/C15H25N.C3H6/c1-2-3-4-5-6-7-8-9-12-15-13-10-11-14-16-15;1-3-2/h10-11,13-14H,2-9,12H2,1H3;3H,1H2,2H3. The molecule has 0 aromatic carbocycles. The average Bonchev–Trinajstić information content (AvgIpc) is 2.44. The molecule has 1 aromatic rings. The zero-order valence-corrected chi connectivity index (χ0v) is 12.9. The fraction of sp³-hybridized carbons (Fsp3) is 0.611. The van der Waals surface area contributed by atoms with E-state index in [1.807, 2.05) is 19.2 Å². The Morgan fingerprint density at radius 3 is 2.11 bits per heavy atom. The highest BCUT2D eigenvalue weighted by Gasteiger charge is 1.94. The summed E-state index contributed by atoms with van der Waals surface area (Å²) in [6, 6.07) is 6.19. The van der Waals surface area contributed by atoms with Crippen LogP contribution in [0.15, 0.2) is 37.1 Å². The van der Waals surface area contributed by atoms with Crippen molar-refractivity contribution in [3.05, 3.63) is 42.7 Å². The van der Waals surface area contributed by atoms with Crippen molar-refractivity contribution in [2.75, 3.05) is 0 Å². The lowest BCUT2D eigenvalue weighted by Crippen LogP contribution is -1.89. The molecule has 1 rings (SSSR count). The topological polar surface area (TPSA) is 12.9 Å². The number of hydrogen-bond acceptors (Lipinski definition) is 1. The summed E-state index contributed by atoms with van der Waals surface area (Å²) >= 11 is 0. The summed E-state index contributed by atoms with van der Waals surface area (Å²) in [4.78, 5) is 4.34. The van der Waals surface area contributed by atoms with Crippen LogP contribution in [-0.4, -0.2) is 4.98 Å². The van der Waals surface area contributed by atoms with Crippen LogP contribution in [-0.2, 0) is 6.42 Å². The van der Waals surface area contributed by atoms with E-state index in [0.717, 1.165) is 6.42 Å². The molecule has 19 heavy (non-hydrogen) atoms. The predicted molar refractivity (Wildman–Crippen MR) is 86.4 cm³/mol. The second-order valence-corrected chi connectivity index (χ2v) is 4.95. The number of hydrogen-bond donors (Lipinski definition) is 0. The quantitative estimate of drug-likeness (QED) is 0.395. The van der Waals surface area contributed by atoms with Gasteiger partial charge < -0.3 is 0 Å². The van der Waals surface area contributed by atoms with Crippen molar-refractivity contribution in [2.24, 2.45) is 0 Å². The van der Waals surface area contributed by atoms with Crippen molar-refractivity contribution in [1.29, 1.82) is 0 Å². The van der Waals surface area contributed by atoms with Crippen LogP contribution < -0.4 is 0 Å². The predicted octanol–water partition coefficient (Wildman–Crippen LogP) is 5.96. The number of aryl methyl sites for hydroxylation is 1. The number of pyridine rings is 1. The largest absolute Gasteiger partial charge is 0.261 e. The average molecular weight is 261 g/mol. The number of rotatable bonds is 9. The van der Waals surface area contributed by atoms with Gasteiger partial charge in [0.15, 0.2) is 0 Å². The molecule has 0 aliphatic carbocycles. The van der Waals surface area contributed by atoms with Gasteiger partial charge in [-0.15, -0.1) is 6.58 Å². The van der Waals surface area contributed by atoms with Gasteiger partial charge in [0.1, 0.15) is 0 Å². The molecule has 108 valence electrons. The first kappa shape index (κ1) is 17.9. The summed E-state index contributed by atoms with van der Waals surface area (Å²) in [5.41, 5.74) is 1.24. The molecule has 0 saturated carbocycles. The summed E-state index contributed by atoms with van der Waals surface area (Å²) in [6.07, 6.45) is 15.9. The highest BCUT2D eigenvalue weighted by atomic mass is 14.7. The Balaban J connectivity index is 0.000000982. The van der Waals surface area contributed by atoms with Crippen LogP contribution in [0.3, 0.4) is 0 Å². The second kappa shape index (κ2) is 14.9. The first-order chi connectivity index (χ1) is 9.35. The van der Waals surface area contributed by atoms with E-state index in [1.165, 1.54) is 57.1 Å². The summed E-state index contributed by atoms with van der Waals surface area (Å²) in [6.45, 7) is 7.52. The molecule has 0 amide bonds. The molecule has 1 aromatic heterocycles. The van der Waals surface area contributed by atoms with Gasteiger partial charge in [-0.05, 0) is 31.9 Å².